The topological polar surface area (TPSA) is 95.1 Å². The van der Waals surface area contributed by atoms with Crippen molar-refractivity contribution < 1.29 is 9.66 Å². The van der Waals surface area contributed by atoms with E-state index in [2.05, 4.69) is 15.3 Å². The van der Waals surface area contributed by atoms with Crippen molar-refractivity contribution in [2.75, 3.05) is 12.4 Å². The molecule has 0 aliphatic rings. The SMILES string of the molecule is COc1ccc(C(Nc2cc(C)nc3c([N+](=O)[O-])cccc23)c2nccn2C)cc1. The molecule has 4 aromatic rings. The number of nitrogens with zero attached hydrogens (tertiary/aromatic N) is 4. The Hall–Kier alpha value is -3.94. The van der Waals surface area contributed by atoms with Crippen LogP contribution in [0.5, 0.6) is 5.75 Å². The summed E-state index contributed by atoms with van der Waals surface area (Å²) in [6, 6.07) is 14.3. The van der Waals surface area contributed by atoms with Crippen LogP contribution in [0.3, 0.4) is 0 Å². The number of methoxy groups -OCH3 is 1. The van der Waals surface area contributed by atoms with Gasteiger partial charge in [0.25, 0.3) is 5.69 Å². The van der Waals surface area contributed by atoms with Crippen molar-refractivity contribution in [3.63, 3.8) is 0 Å². The average Bonchev–Trinajstić information content (AvgIpc) is 3.17. The highest BCUT2D eigenvalue weighted by Gasteiger charge is 2.22. The highest BCUT2D eigenvalue weighted by atomic mass is 16.6. The maximum atomic E-state index is 11.5. The number of non-ortho nitro benzene ring substituents is 1. The Bertz CT molecular complexity index is 1220. The van der Waals surface area contributed by atoms with Crippen LogP contribution in [0, 0.1) is 17.0 Å². The number of nitro benzene ring substituents is 1. The highest BCUT2D eigenvalue weighted by molar-refractivity contribution is 5.96. The number of nitrogens with one attached hydrogen (secondary N) is 1. The van der Waals surface area contributed by atoms with Crippen LogP contribution in [-0.4, -0.2) is 26.6 Å². The normalized spacial score (nSPS) is 12.0. The summed E-state index contributed by atoms with van der Waals surface area (Å²) in [6.45, 7) is 1.82. The minimum absolute atomic E-state index is 0.0164. The summed E-state index contributed by atoms with van der Waals surface area (Å²) in [7, 11) is 3.56. The number of para-hydroxylation sites is 1. The van der Waals surface area contributed by atoms with Gasteiger partial charge in [-0.05, 0) is 30.7 Å². The summed E-state index contributed by atoms with van der Waals surface area (Å²) in [5, 5.41) is 15.7. The van der Waals surface area contributed by atoms with Crippen molar-refractivity contribution >= 4 is 22.3 Å². The molecular weight excluding hydrogens is 382 g/mol. The predicted octanol–water partition coefficient (Wildman–Crippen LogP) is 4.40. The lowest BCUT2D eigenvalue weighted by atomic mass is 10.0. The summed E-state index contributed by atoms with van der Waals surface area (Å²) >= 11 is 0. The Morgan fingerprint density at radius 2 is 1.97 bits per heavy atom. The second-order valence-corrected chi connectivity index (χ2v) is 6.99. The van der Waals surface area contributed by atoms with Crippen molar-refractivity contribution in [1.29, 1.82) is 0 Å². The Morgan fingerprint density at radius 3 is 2.60 bits per heavy atom. The summed E-state index contributed by atoms with van der Waals surface area (Å²) in [6.07, 6.45) is 3.63. The van der Waals surface area contributed by atoms with E-state index in [1.54, 1.807) is 19.4 Å². The molecule has 8 heteroatoms. The molecule has 0 saturated carbocycles. The Morgan fingerprint density at radius 1 is 1.20 bits per heavy atom. The third-order valence-electron chi connectivity index (χ3n) is 5.01. The summed E-state index contributed by atoms with van der Waals surface area (Å²) in [5.74, 6) is 1.58. The lowest BCUT2D eigenvalue weighted by Gasteiger charge is -2.22. The van der Waals surface area contributed by atoms with Crippen molar-refractivity contribution in [2.24, 2.45) is 7.05 Å². The zero-order valence-corrected chi connectivity index (χ0v) is 16.9. The largest absolute Gasteiger partial charge is 0.497 e. The number of ether oxygens (including phenoxy) is 1. The Balaban J connectivity index is 1.86. The number of rotatable bonds is 6. The number of imidazole rings is 1. The molecule has 1 unspecified atom stereocenters. The molecule has 0 fully saturated rings. The molecule has 0 radical (unpaired) electrons. The van der Waals surface area contributed by atoms with Crippen molar-refractivity contribution in [3.8, 4) is 5.75 Å². The number of pyridine rings is 1. The fraction of sp³-hybridized carbons (Fsp3) is 0.182. The zero-order chi connectivity index (χ0) is 21.3. The lowest BCUT2D eigenvalue weighted by Crippen LogP contribution is -2.17. The fourth-order valence-electron chi connectivity index (χ4n) is 3.53. The molecule has 2 heterocycles. The highest BCUT2D eigenvalue weighted by Crippen LogP contribution is 2.34. The molecule has 2 aromatic heterocycles. The molecule has 0 amide bonds. The maximum absolute atomic E-state index is 11.5. The lowest BCUT2D eigenvalue weighted by molar-refractivity contribution is -0.383. The van der Waals surface area contributed by atoms with Gasteiger partial charge >= 0.3 is 0 Å². The Labute approximate surface area is 173 Å². The van der Waals surface area contributed by atoms with E-state index in [9.17, 15) is 10.1 Å². The molecule has 30 heavy (non-hydrogen) atoms. The molecule has 0 spiro atoms. The monoisotopic (exact) mass is 403 g/mol. The summed E-state index contributed by atoms with van der Waals surface area (Å²) in [5.41, 5.74) is 2.77. The van der Waals surface area contributed by atoms with E-state index >= 15 is 0 Å². The first-order valence-corrected chi connectivity index (χ1v) is 9.40. The van der Waals surface area contributed by atoms with Gasteiger partial charge in [-0.25, -0.2) is 9.97 Å². The molecule has 8 nitrogen and oxygen atoms in total. The average molecular weight is 403 g/mol. The Kier molecular flexibility index (Phi) is 5.05. The predicted molar refractivity (Wildman–Crippen MR) is 115 cm³/mol. The molecular formula is C22H21N5O3. The van der Waals surface area contributed by atoms with Gasteiger partial charge in [-0.3, -0.25) is 10.1 Å². The standard InChI is InChI=1S/C22H21N5O3/c1-14-13-18(17-5-4-6-19(27(28)29)21(17)24-14)25-20(22-23-11-12-26(22)2)15-7-9-16(30-3)10-8-15/h4-13,20H,1-3H3,(H,24,25). The second kappa shape index (κ2) is 7.82. The molecule has 0 bridgehead atoms. The van der Waals surface area contributed by atoms with Gasteiger partial charge in [0.1, 0.15) is 17.6 Å². The van der Waals surface area contributed by atoms with Gasteiger partial charge in [0.2, 0.25) is 0 Å². The third-order valence-corrected chi connectivity index (χ3v) is 5.01. The second-order valence-electron chi connectivity index (χ2n) is 6.99. The fourth-order valence-corrected chi connectivity index (χ4v) is 3.53. The number of hydrogen-bond acceptors (Lipinski definition) is 6. The van der Waals surface area contributed by atoms with Crippen LogP contribution in [0.25, 0.3) is 10.9 Å². The van der Waals surface area contributed by atoms with Crippen LogP contribution >= 0.6 is 0 Å². The van der Waals surface area contributed by atoms with Gasteiger partial charge in [0.05, 0.1) is 12.0 Å². The van der Waals surface area contributed by atoms with E-state index in [0.29, 0.717) is 16.6 Å². The van der Waals surface area contributed by atoms with E-state index in [4.69, 9.17) is 4.74 Å². The number of hydrogen-bond donors (Lipinski definition) is 1. The quantitative estimate of drug-likeness (QED) is 0.379. The minimum Gasteiger partial charge on any atom is -0.497 e. The molecule has 0 saturated heterocycles. The van der Waals surface area contributed by atoms with Crippen LogP contribution in [0.2, 0.25) is 0 Å². The number of aromatic nitrogens is 3. The van der Waals surface area contributed by atoms with Gasteiger partial charge in [-0.2, -0.15) is 0 Å². The van der Waals surface area contributed by atoms with Gasteiger partial charge < -0.3 is 14.6 Å². The molecule has 0 aliphatic carbocycles. The molecule has 0 aliphatic heterocycles. The third kappa shape index (κ3) is 3.55. The van der Waals surface area contributed by atoms with E-state index in [1.807, 2.05) is 61.1 Å². The number of benzene rings is 2. The number of anilines is 1. The number of fused-ring (bicyclic) bond motifs is 1. The summed E-state index contributed by atoms with van der Waals surface area (Å²) in [4.78, 5) is 20.0. The molecule has 2 aromatic carbocycles. The van der Waals surface area contributed by atoms with Crippen molar-refractivity contribution in [3.05, 3.63) is 88.1 Å². The summed E-state index contributed by atoms with van der Waals surface area (Å²) < 4.78 is 7.22. The van der Waals surface area contributed by atoms with Crippen molar-refractivity contribution in [1.82, 2.24) is 14.5 Å². The minimum atomic E-state index is -0.405. The first-order chi connectivity index (χ1) is 14.5. The number of aryl methyl sites for hydroxylation is 2. The number of nitro groups is 1. The van der Waals surface area contributed by atoms with Gasteiger partial charge in [-0.15, -0.1) is 0 Å². The molecule has 1 N–H and O–H groups in total. The molecule has 4 rings (SSSR count). The van der Waals surface area contributed by atoms with Gasteiger partial charge in [0.15, 0.2) is 5.52 Å². The van der Waals surface area contributed by atoms with E-state index in [-0.39, 0.29) is 11.7 Å². The van der Waals surface area contributed by atoms with E-state index < -0.39 is 4.92 Å². The maximum Gasteiger partial charge on any atom is 0.295 e. The van der Waals surface area contributed by atoms with E-state index in [1.165, 1.54) is 6.07 Å². The van der Waals surface area contributed by atoms with Gasteiger partial charge in [-0.1, -0.05) is 24.3 Å². The zero-order valence-electron chi connectivity index (χ0n) is 16.9. The van der Waals surface area contributed by atoms with Crippen molar-refractivity contribution in [2.45, 2.75) is 13.0 Å². The van der Waals surface area contributed by atoms with Gasteiger partial charge in [0, 0.05) is 42.3 Å². The van der Waals surface area contributed by atoms with Crippen LogP contribution in [0.15, 0.2) is 60.9 Å². The van der Waals surface area contributed by atoms with E-state index in [0.717, 1.165) is 22.8 Å². The van der Waals surface area contributed by atoms with Crippen LogP contribution in [-0.2, 0) is 7.05 Å². The first-order valence-electron chi connectivity index (χ1n) is 9.40. The van der Waals surface area contributed by atoms with Crippen LogP contribution < -0.4 is 10.1 Å². The first kappa shape index (κ1) is 19.4. The van der Waals surface area contributed by atoms with Crippen LogP contribution in [0.4, 0.5) is 11.4 Å². The molecule has 1 atom stereocenters. The smallest absolute Gasteiger partial charge is 0.295 e. The van der Waals surface area contributed by atoms with Crippen LogP contribution in [0.1, 0.15) is 23.1 Å². The molecule has 152 valence electrons.